The maximum atomic E-state index is 13.0. The molecule has 1 heterocycles. The van der Waals surface area contributed by atoms with Crippen molar-refractivity contribution in [1.29, 1.82) is 0 Å². The summed E-state index contributed by atoms with van der Waals surface area (Å²) in [4.78, 5) is 28.8. The lowest BCUT2D eigenvalue weighted by Crippen LogP contribution is -2.22. The molecule has 1 aromatic heterocycles. The molecule has 3 aromatic rings. The highest BCUT2D eigenvalue weighted by molar-refractivity contribution is 9.10. The lowest BCUT2D eigenvalue weighted by atomic mass is 10.1. The van der Waals surface area contributed by atoms with Crippen LogP contribution in [0.4, 0.5) is 5.82 Å². The number of rotatable bonds is 7. The van der Waals surface area contributed by atoms with Gasteiger partial charge in [0.1, 0.15) is 34.0 Å². The summed E-state index contributed by atoms with van der Waals surface area (Å²) in [5, 5.41) is 2.83. The maximum Gasteiger partial charge on any atom is 0.257 e. The summed E-state index contributed by atoms with van der Waals surface area (Å²) >= 11 is 3.38. The van der Waals surface area contributed by atoms with Crippen molar-refractivity contribution in [1.82, 2.24) is 9.55 Å². The minimum Gasteiger partial charge on any atom is -0.495 e. The monoisotopic (exact) mass is 458 g/mol. The number of anilines is 1. The van der Waals surface area contributed by atoms with E-state index in [2.05, 4.69) is 26.2 Å². The average Bonchev–Trinajstić information content (AvgIpc) is 3.10. The van der Waals surface area contributed by atoms with Crippen molar-refractivity contribution in [3.8, 4) is 22.8 Å². The van der Waals surface area contributed by atoms with Crippen molar-refractivity contribution in [2.24, 2.45) is 5.73 Å². The fourth-order valence-electron chi connectivity index (χ4n) is 2.79. The predicted octanol–water partition coefficient (Wildman–Crippen LogP) is 3.07. The van der Waals surface area contributed by atoms with E-state index in [1.807, 2.05) is 30.3 Å². The van der Waals surface area contributed by atoms with Gasteiger partial charge in [-0.2, -0.15) is 0 Å². The van der Waals surface area contributed by atoms with Crippen molar-refractivity contribution in [2.45, 2.75) is 6.54 Å². The summed E-state index contributed by atoms with van der Waals surface area (Å²) in [7, 11) is 2.99. The first-order chi connectivity index (χ1) is 13.9. The minimum atomic E-state index is -0.551. The molecule has 2 amide bonds. The zero-order chi connectivity index (χ0) is 21.0. The Morgan fingerprint density at radius 2 is 1.76 bits per heavy atom. The van der Waals surface area contributed by atoms with Crippen LogP contribution in [-0.4, -0.2) is 35.6 Å². The van der Waals surface area contributed by atoms with Crippen molar-refractivity contribution in [3.63, 3.8) is 0 Å². The SMILES string of the molecule is COc1cc(C(=O)Nc2c(-c3ccccc3)ncn2CC(N)=O)cc(OC)c1Br. The fourth-order valence-corrected chi connectivity index (χ4v) is 3.34. The third-order valence-corrected chi connectivity index (χ3v) is 4.93. The van der Waals surface area contributed by atoms with Crippen molar-refractivity contribution >= 4 is 33.6 Å². The molecule has 29 heavy (non-hydrogen) atoms. The van der Waals surface area contributed by atoms with Gasteiger partial charge in [0, 0.05) is 11.1 Å². The van der Waals surface area contributed by atoms with Crippen LogP contribution in [0.15, 0.2) is 53.3 Å². The summed E-state index contributed by atoms with van der Waals surface area (Å²) in [5.74, 6) is 0.287. The molecule has 0 saturated heterocycles. The van der Waals surface area contributed by atoms with Gasteiger partial charge >= 0.3 is 0 Å². The molecule has 150 valence electrons. The molecule has 0 bridgehead atoms. The molecule has 0 radical (unpaired) electrons. The molecule has 3 N–H and O–H groups in total. The molecular weight excluding hydrogens is 440 g/mol. The highest BCUT2D eigenvalue weighted by Crippen LogP contribution is 2.36. The van der Waals surface area contributed by atoms with Gasteiger partial charge in [0.05, 0.1) is 20.5 Å². The number of hydrogen-bond donors (Lipinski definition) is 2. The Morgan fingerprint density at radius 3 is 2.31 bits per heavy atom. The van der Waals surface area contributed by atoms with Crippen molar-refractivity contribution in [2.75, 3.05) is 19.5 Å². The summed E-state index contributed by atoms with van der Waals surface area (Å²) in [6.45, 7) is -0.123. The molecular formula is C20H19BrN4O4. The third-order valence-electron chi connectivity index (χ3n) is 4.15. The molecule has 0 aliphatic heterocycles. The van der Waals surface area contributed by atoms with Crippen molar-refractivity contribution < 1.29 is 19.1 Å². The third kappa shape index (κ3) is 4.40. The van der Waals surface area contributed by atoms with Gasteiger partial charge in [-0.3, -0.25) is 9.59 Å². The molecule has 0 spiro atoms. The molecule has 0 unspecified atom stereocenters. The standard InChI is InChI=1S/C20H19BrN4O4/c1-28-14-8-13(9-15(29-2)17(14)21)20(27)24-19-18(12-6-4-3-5-7-12)23-11-25(19)10-16(22)26/h3-9,11H,10H2,1-2H3,(H2,22,26)(H,24,27). The Kier molecular flexibility index (Phi) is 6.18. The maximum absolute atomic E-state index is 13.0. The molecule has 0 atom stereocenters. The number of carbonyl (C=O) groups excluding carboxylic acids is 2. The number of benzene rings is 2. The smallest absolute Gasteiger partial charge is 0.257 e. The van der Waals surface area contributed by atoms with Crippen LogP contribution in [0.1, 0.15) is 10.4 Å². The van der Waals surface area contributed by atoms with E-state index in [1.165, 1.54) is 25.1 Å². The van der Waals surface area contributed by atoms with E-state index in [1.54, 1.807) is 12.1 Å². The number of nitrogens with zero attached hydrogens (tertiary/aromatic N) is 2. The van der Waals surface area contributed by atoms with Gasteiger partial charge in [-0.05, 0) is 28.1 Å². The quantitative estimate of drug-likeness (QED) is 0.565. The van der Waals surface area contributed by atoms with Gasteiger partial charge in [-0.1, -0.05) is 30.3 Å². The van der Waals surface area contributed by atoms with E-state index in [4.69, 9.17) is 15.2 Å². The minimum absolute atomic E-state index is 0.123. The van der Waals surface area contributed by atoms with Crippen LogP contribution in [0, 0.1) is 0 Å². The number of carbonyl (C=O) groups is 2. The zero-order valence-electron chi connectivity index (χ0n) is 15.8. The van der Waals surface area contributed by atoms with Gasteiger partial charge < -0.3 is 25.1 Å². The molecule has 0 aliphatic carbocycles. The lowest BCUT2D eigenvalue weighted by molar-refractivity contribution is -0.118. The summed E-state index contributed by atoms with van der Waals surface area (Å²) in [6.07, 6.45) is 1.46. The fraction of sp³-hybridized carbons (Fsp3) is 0.150. The Balaban J connectivity index is 2.02. The first kappa shape index (κ1) is 20.4. The van der Waals surface area contributed by atoms with Crippen LogP contribution in [0.5, 0.6) is 11.5 Å². The number of amides is 2. The summed E-state index contributed by atoms with van der Waals surface area (Å²) < 4.78 is 12.7. The summed E-state index contributed by atoms with van der Waals surface area (Å²) in [6, 6.07) is 12.5. The van der Waals surface area contributed by atoms with E-state index in [0.717, 1.165) is 5.56 Å². The number of nitrogens with one attached hydrogen (secondary N) is 1. The van der Waals surface area contributed by atoms with Gasteiger partial charge in [-0.15, -0.1) is 0 Å². The molecule has 9 heteroatoms. The average molecular weight is 459 g/mol. The number of halogens is 1. The second-order valence-corrected chi connectivity index (χ2v) is 6.84. The van der Waals surface area contributed by atoms with Gasteiger partial charge in [0.2, 0.25) is 5.91 Å². The highest BCUT2D eigenvalue weighted by atomic mass is 79.9. The normalized spacial score (nSPS) is 10.4. The number of nitrogens with two attached hydrogens (primary N) is 1. The number of imidazole rings is 1. The van der Waals surface area contributed by atoms with E-state index in [-0.39, 0.29) is 6.54 Å². The molecule has 0 aliphatic rings. The molecule has 0 saturated carbocycles. The number of methoxy groups -OCH3 is 2. The van der Waals surface area contributed by atoms with Gasteiger partial charge in [-0.25, -0.2) is 4.98 Å². The van der Waals surface area contributed by atoms with Crippen LogP contribution in [0.2, 0.25) is 0 Å². The van der Waals surface area contributed by atoms with Crippen LogP contribution in [0.25, 0.3) is 11.3 Å². The highest BCUT2D eigenvalue weighted by Gasteiger charge is 2.20. The Labute approximate surface area is 175 Å². The molecule has 2 aromatic carbocycles. The van der Waals surface area contributed by atoms with E-state index in [0.29, 0.717) is 33.0 Å². The van der Waals surface area contributed by atoms with E-state index in [9.17, 15) is 9.59 Å². The Morgan fingerprint density at radius 1 is 1.14 bits per heavy atom. The topological polar surface area (TPSA) is 108 Å². The molecule has 3 rings (SSSR count). The van der Waals surface area contributed by atoms with Gasteiger partial charge in [0.15, 0.2) is 0 Å². The Bertz CT molecular complexity index is 1020. The van der Waals surface area contributed by atoms with Crippen LogP contribution < -0.4 is 20.5 Å². The first-order valence-corrected chi connectivity index (χ1v) is 9.35. The van der Waals surface area contributed by atoms with Crippen molar-refractivity contribution in [3.05, 3.63) is 58.8 Å². The molecule has 0 fully saturated rings. The van der Waals surface area contributed by atoms with E-state index < -0.39 is 11.8 Å². The number of ether oxygens (including phenoxy) is 2. The zero-order valence-corrected chi connectivity index (χ0v) is 17.4. The molecule has 8 nitrogen and oxygen atoms in total. The van der Waals surface area contributed by atoms with E-state index >= 15 is 0 Å². The number of hydrogen-bond acceptors (Lipinski definition) is 5. The first-order valence-electron chi connectivity index (χ1n) is 8.56. The second kappa shape index (κ2) is 8.78. The summed E-state index contributed by atoms with van der Waals surface area (Å²) in [5.41, 5.74) is 6.96. The lowest BCUT2D eigenvalue weighted by Gasteiger charge is -2.13. The Hall–Kier alpha value is -3.33. The largest absolute Gasteiger partial charge is 0.495 e. The van der Waals surface area contributed by atoms with Crippen LogP contribution >= 0.6 is 15.9 Å². The second-order valence-electron chi connectivity index (χ2n) is 6.05. The number of primary amides is 1. The number of aromatic nitrogens is 2. The van der Waals surface area contributed by atoms with Crippen LogP contribution in [-0.2, 0) is 11.3 Å². The van der Waals surface area contributed by atoms with Crippen LogP contribution in [0.3, 0.4) is 0 Å². The van der Waals surface area contributed by atoms with Gasteiger partial charge in [0.25, 0.3) is 5.91 Å². The predicted molar refractivity (Wildman–Crippen MR) is 112 cm³/mol.